The van der Waals surface area contributed by atoms with E-state index in [1.54, 1.807) is 0 Å². The third kappa shape index (κ3) is 3.38. The van der Waals surface area contributed by atoms with Crippen LogP contribution in [0.3, 0.4) is 0 Å². The molecule has 7 heteroatoms. The molecule has 2 aromatic carbocycles. The van der Waals surface area contributed by atoms with E-state index in [1.165, 1.54) is 18.2 Å². The van der Waals surface area contributed by atoms with Crippen LogP contribution in [-0.4, -0.2) is 11.2 Å². The number of aldehydes is 1. The fourth-order valence-electron chi connectivity index (χ4n) is 1.77. The molecule has 108 valence electrons. The molecule has 1 N–H and O–H groups in total. The summed E-state index contributed by atoms with van der Waals surface area (Å²) in [6, 6.07) is 7.32. The van der Waals surface area contributed by atoms with Gasteiger partial charge in [0.1, 0.15) is 12.0 Å². The van der Waals surface area contributed by atoms with Gasteiger partial charge in [-0.1, -0.05) is 6.07 Å². The van der Waals surface area contributed by atoms with E-state index in [1.807, 2.05) is 0 Å². The first-order valence-electron chi connectivity index (χ1n) is 5.92. The molecule has 0 unspecified atom stereocenters. The summed E-state index contributed by atoms with van der Waals surface area (Å²) in [6.45, 7) is 0.0818. The van der Waals surface area contributed by atoms with Crippen molar-refractivity contribution in [2.75, 3.05) is 5.32 Å². The molecule has 0 bridgehead atoms. The number of carbonyl (C=O) groups excluding carboxylic acids is 1. The molecule has 0 spiro atoms. The van der Waals surface area contributed by atoms with Crippen molar-refractivity contribution in [2.45, 2.75) is 6.54 Å². The normalized spacial score (nSPS) is 10.2. The lowest BCUT2D eigenvalue weighted by molar-refractivity contribution is -0.384. The Labute approximate surface area is 118 Å². The van der Waals surface area contributed by atoms with E-state index < -0.39 is 16.6 Å². The molecule has 5 nitrogen and oxygen atoms in total. The SMILES string of the molecule is O=Cc1ccc(NCc2ccc(F)c(F)c2)c([N+](=O)[O-])c1. The molecular formula is C14H10F2N2O3. The van der Waals surface area contributed by atoms with Gasteiger partial charge in [-0.2, -0.15) is 0 Å². The van der Waals surface area contributed by atoms with Gasteiger partial charge in [-0.15, -0.1) is 0 Å². The van der Waals surface area contributed by atoms with Gasteiger partial charge >= 0.3 is 0 Å². The minimum atomic E-state index is -0.986. The van der Waals surface area contributed by atoms with Crippen molar-refractivity contribution in [3.05, 3.63) is 69.3 Å². The van der Waals surface area contributed by atoms with Gasteiger partial charge in [0.15, 0.2) is 11.6 Å². The summed E-state index contributed by atoms with van der Waals surface area (Å²) in [6.07, 6.45) is 0.506. The molecule has 2 rings (SSSR count). The number of nitro groups is 1. The maximum absolute atomic E-state index is 13.1. The average Bonchev–Trinajstić information content (AvgIpc) is 2.48. The molecule has 21 heavy (non-hydrogen) atoms. The highest BCUT2D eigenvalue weighted by Gasteiger charge is 2.14. The summed E-state index contributed by atoms with van der Waals surface area (Å²) in [5, 5.41) is 13.7. The Morgan fingerprint density at radius 2 is 1.90 bits per heavy atom. The van der Waals surface area contributed by atoms with Crippen LogP contribution in [0.25, 0.3) is 0 Å². The Morgan fingerprint density at radius 1 is 1.14 bits per heavy atom. The van der Waals surface area contributed by atoms with E-state index in [0.717, 1.165) is 18.2 Å². The number of benzene rings is 2. The van der Waals surface area contributed by atoms with Gasteiger partial charge in [0.25, 0.3) is 5.69 Å². The largest absolute Gasteiger partial charge is 0.375 e. The molecular weight excluding hydrogens is 282 g/mol. The minimum absolute atomic E-state index is 0.0818. The molecule has 0 aliphatic rings. The molecule has 0 aliphatic heterocycles. The quantitative estimate of drug-likeness (QED) is 0.521. The fraction of sp³-hybridized carbons (Fsp3) is 0.0714. The van der Waals surface area contributed by atoms with E-state index in [4.69, 9.17) is 0 Å². The second kappa shape index (κ2) is 6.08. The second-order valence-corrected chi connectivity index (χ2v) is 4.25. The predicted octanol–water partition coefficient (Wildman–Crippen LogP) is 3.30. The monoisotopic (exact) mass is 292 g/mol. The number of hydrogen-bond donors (Lipinski definition) is 1. The van der Waals surface area contributed by atoms with E-state index in [-0.39, 0.29) is 23.5 Å². The summed E-state index contributed by atoms with van der Waals surface area (Å²) in [5.74, 6) is -1.94. The van der Waals surface area contributed by atoms with E-state index in [9.17, 15) is 23.7 Å². The lowest BCUT2D eigenvalue weighted by Crippen LogP contribution is -2.04. The number of nitrogens with one attached hydrogen (secondary N) is 1. The van der Waals surface area contributed by atoms with Gasteiger partial charge in [-0.25, -0.2) is 8.78 Å². The van der Waals surface area contributed by atoms with Crippen LogP contribution in [0.2, 0.25) is 0 Å². The number of hydrogen-bond acceptors (Lipinski definition) is 4. The Bertz CT molecular complexity index is 705. The van der Waals surface area contributed by atoms with Crippen molar-refractivity contribution in [2.24, 2.45) is 0 Å². The minimum Gasteiger partial charge on any atom is -0.375 e. The zero-order valence-electron chi connectivity index (χ0n) is 10.7. The van der Waals surface area contributed by atoms with Crippen molar-refractivity contribution < 1.29 is 18.5 Å². The van der Waals surface area contributed by atoms with Crippen molar-refractivity contribution in [3.63, 3.8) is 0 Å². The van der Waals surface area contributed by atoms with Crippen molar-refractivity contribution >= 4 is 17.7 Å². The van der Waals surface area contributed by atoms with Gasteiger partial charge in [0, 0.05) is 18.2 Å². The first-order valence-corrected chi connectivity index (χ1v) is 5.92. The highest BCUT2D eigenvalue weighted by molar-refractivity contribution is 5.79. The molecule has 0 saturated heterocycles. The predicted molar refractivity (Wildman–Crippen MR) is 72.2 cm³/mol. The van der Waals surface area contributed by atoms with Gasteiger partial charge in [-0.3, -0.25) is 14.9 Å². The van der Waals surface area contributed by atoms with Crippen molar-refractivity contribution in [1.29, 1.82) is 0 Å². The fourth-order valence-corrected chi connectivity index (χ4v) is 1.77. The van der Waals surface area contributed by atoms with E-state index >= 15 is 0 Å². The molecule has 0 atom stereocenters. The second-order valence-electron chi connectivity index (χ2n) is 4.25. The number of rotatable bonds is 5. The average molecular weight is 292 g/mol. The zero-order chi connectivity index (χ0) is 15.4. The topological polar surface area (TPSA) is 72.2 Å². The maximum atomic E-state index is 13.1. The van der Waals surface area contributed by atoms with Gasteiger partial charge in [0.2, 0.25) is 0 Å². The Morgan fingerprint density at radius 3 is 2.52 bits per heavy atom. The summed E-state index contributed by atoms with van der Waals surface area (Å²) < 4.78 is 25.9. The standard InChI is InChI=1S/C14H10F2N2O3/c15-11-3-1-9(5-12(11)16)7-17-13-4-2-10(8-19)6-14(13)18(20)21/h1-6,8,17H,7H2. The lowest BCUT2D eigenvalue weighted by atomic mass is 10.1. The van der Waals surface area contributed by atoms with Crippen LogP contribution >= 0.6 is 0 Å². The zero-order valence-corrected chi connectivity index (χ0v) is 10.7. The summed E-state index contributed by atoms with van der Waals surface area (Å²) in [4.78, 5) is 20.9. The van der Waals surface area contributed by atoms with Gasteiger partial charge < -0.3 is 5.32 Å². The lowest BCUT2D eigenvalue weighted by Gasteiger charge is -2.08. The first-order chi connectivity index (χ1) is 10.0. The summed E-state index contributed by atoms with van der Waals surface area (Å²) in [5.41, 5.74) is 0.542. The number of carbonyl (C=O) groups is 1. The van der Waals surface area contributed by atoms with Crippen LogP contribution in [-0.2, 0) is 6.54 Å². The van der Waals surface area contributed by atoms with E-state index in [2.05, 4.69) is 5.32 Å². The Balaban J connectivity index is 2.21. The third-order valence-electron chi connectivity index (χ3n) is 2.82. The van der Waals surface area contributed by atoms with Crippen LogP contribution in [0.1, 0.15) is 15.9 Å². The molecule has 2 aromatic rings. The molecule has 0 aromatic heterocycles. The number of halogens is 2. The van der Waals surface area contributed by atoms with Gasteiger partial charge in [0.05, 0.1) is 4.92 Å². The van der Waals surface area contributed by atoms with Crippen LogP contribution in [0.15, 0.2) is 36.4 Å². The molecule has 0 amide bonds. The summed E-state index contributed by atoms with van der Waals surface area (Å²) in [7, 11) is 0. The summed E-state index contributed by atoms with van der Waals surface area (Å²) >= 11 is 0. The molecule has 0 heterocycles. The van der Waals surface area contributed by atoms with Crippen molar-refractivity contribution in [3.8, 4) is 0 Å². The number of anilines is 1. The third-order valence-corrected chi connectivity index (χ3v) is 2.82. The van der Waals surface area contributed by atoms with Crippen LogP contribution in [0.5, 0.6) is 0 Å². The smallest absolute Gasteiger partial charge is 0.293 e. The Kier molecular flexibility index (Phi) is 4.22. The van der Waals surface area contributed by atoms with Crippen LogP contribution in [0.4, 0.5) is 20.2 Å². The molecule has 0 fully saturated rings. The molecule has 0 aliphatic carbocycles. The maximum Gasteiger partial charge on any atom is 0.293 e. The van der Waals surface area contributed by atoms with Crippen LogP contribution in [0, 0.1) is 21.7 Å². The number of nitro benzene ring substituents is 1. The number of nitrogens with zero attached hydrogens (tertiary/aromatic N) is 1. The van der Waals surface area contributed by atoms with Gasteiger partial charge in [-0.05, 0) is 29.8 Å². The molecule has 0 radical (unpaired) electrons. The van der Waals surface area contributed by atoms with Crippen molar-refractivity contribution in [1.82, 2.24) is 0 Å². The van der Waals surface area contributed by atoms with Crippen LogP contribution < -0.4 is 5.32 Å². The highest BCUT2D eigenvalue weighted by Crippen LogP contribution is 2.25. The first kappa shape index (κ1) is 14.6. The Hall–Kier alpha value is -2.83. The highest BCUT2D eigenvalue weighted by atomic mass is 19.2. The molecule has 0 saturated carbocycles. The van der Waals surface area contributed by atoms with E-state index in [0.29, 0.717) is 11.8 Å².